The fourth-order valence-electron chi connectivity index (χ4n) is 2.18. The maximum atomic E-state index is 11.7. The summed E-state index contributed by atoms with van der Waals surface area (Å²) in [5.41, 5.74) is 3.83. The number of halogens is 2. The molecular weight excluding hydrogens is 353 g/mol. The fraction of sp³-hybridized carbons (Fsp3) is 0.235. The lowest BCUT2D eigenvalue weighted by molar-refractivity contribution is -0.155. The van der Waals surface area contributed by atoms with Crippen LogP contribution in [-0.4, -0.2) is 29.3 Å². The number of rotatable bonds is 7. The summed E-state index contributed by atoms with van der Waals surface area (Å²) in [5, 5.41) is 20.3. The van der Waals surface area contributed by atoms with Gasteiger partial charge in [0.15, 0.2) is 0 Å². The van der Waals surface area contributed by atoms with E-state index in [0.717, 1.165) is 0 Å². The van der Waals surface area contributed by atoms with Crippen molar-refractivity contribution in [2.24, 2.45) is 5.73 Å². The van der Waals surface area contributed by atoms with Gasteiger partial charge in [0.25, 0.3) is 0 Å². The highest BCUT2D eigenvalue weighted by Gasteiger charge is 2.40. The van der Waals surface area contributed by atoms with Crippen LogP contribution in [0.1, 0.15) is 17.5 Å². The zero-order valence-electron chi connectivity index (χ0n) is 12.9. The summed E-state index contributed by atoms with van der Waals surface area (Å²) in [6.45, 7) is 0.958. The van der Waals surface area contributed by atoms with Crippen molar-refractivity contribution in [3.8, 4) is 5.75 Å². The Hall–Kier alpha value is -1.79. The lowest BCUT2D eigenvalue weighted by Gasteiger charge is -2.25. The van der Waals surface area contributed by atoms with Gasteiger partial charge in [-0.2, -0.15) is 0 Å². The molecule has 5 nitrogen and oxygen atoms in total. The van der Waals surface area contributed by atoms with Crippen molar-refractivity contribution in [3.63, 3.8) is 0 Å². The molecule has 0 aliphatic rings. The second-order valence-electron chi connectivity index (χ2n) is 4.90. The van der Waals surface area contributed by atoms with Crippen molar-refractivity contribution in [1.82, 2.24) is 0 Å². The maximum absolute atomic E-state index is 11.7. The number of hydrogen-bond donors (Lipinski definition) is 3. The van der Waals surface area contributed by atoms with E-state index in [1.165, 1.54) is 6.07 Å². The van der Waals surface area contributed by atoms with Crippen LogP contribution in [0.4, 0.5) is 0 Å². The van der Waals surface area contributed by atoms with Crippen molar-refractivity contribution in [2.45, 2.75) is 12.0 Å². The molecule has 0 aliphatic heterocycles. The van der Waals surface area contributed by atoms with Gasteiger partial charge in [0.1, 0.15) is 5.75 Å². The van der Waals surface area contributed by atoms with Gasteiger partial charge in [0.2, 0.25) is 5.60 Å². The maximum Gasteiger partial charge on any atom is 0.345 e. The standard InChI is InChI=1S/C17H19NO4.2ClH/c18-10-5-11-22-15-9-4-8-14(12-15)17(21,16(19)20)13-6-2-1-3-7-13;;/h1-4,6-9,12,21H,5,10-11,18H2,(H,19,20);2*1H. The number of hydrogen-bond acceptors (Lipinski definition) is 4. The molecule has 1 unspecified atom stereocenters. The first kappa shape index (κ1) is 22.2. The van der Waals surface area contributed by atoms with Crippen LogP contribution in [0.2, 0.25) is 0 Å². The van der Waals surface area contributed by atoms with Gasteiger partial charge in [-0.3, -0.25) is 0 Å². The molecule has 4 N–H and O–H groups in total. The van der Waals surface area contributed by atoms with E-state index in [0.29, 0.717) is 30.9 Å². The van der Waals surface area contributed by atoms with Crippen LogP contribution in [0.25, 0.3) is 0 Å². The van der Waals surface area contributed by atoms with Crippen LogP contribution in [0.3, 0.4) is 0 Å². The molecule has 0 heterocycles. The fourth-order valence-corrected chi connectivity index (χ4v) is 2.18. The number of aliphatic carboxylic acids is 1. The van der Waals surface area contributed by atoms with Crippen molar-refractivity contribution < 1.29 is 19.7 Å². The minimum absolute atomic E-state index is 0. The van der Waals surface area contributed by atoms with Gasteiger partial charge < -0.3 is 20.7 Å². The number of nitrogens with two attached hydrogens (primary N) is 1. The molecule has 0 saturated heterocycles. The normalized spacial score (nSPS) is 12.2. The second-order valence-corrected chi connectivity index (χ2v) is 4.90. The number of carboxylic acids is 1. The van der Waals surface area contributed by atoms with E-state index in [-0.39, 0.29) is 30.4 Å². The third-order valence-electron chi connectivity index (χ3n) is 3.37. The van der Waals surface area contributed by atoms with Crippen molar-refractivity contribution in [1.29, 1.82) is 0 Å². The summed E-state index contributed by atoms with van der Waals surface area (Å²) < 4.78 is 5.51. The smallest absolute Gasteiger partial charge is 0.345 e. The predicted molar refractivity (Wildman–Crippen MR) is 97.2 cm³/mol. The Morgan fingerprint density at radius 3 is 2.25 bits per heavy atom. The SMILES string of the molecule is Cl.Cl.NCCCOc1cccc(C(O)(C(=O)O)c2ccccc2)c1. The van der Waals surface area contributed by atoms with E-state index in [4.69, 9.17) is 10.5 Å². The first-order valence-corrected chi connectivity index (χ1v) is 7.03. The van der Waals surface area contributed by atoms with Gasteiger partial charge in [-0.25, -0.2) is 4.79 Å². The summed E-state index contributed by atoms with van der Waals surface area (Å²) in [5.74, 6) is -0.834. The van der Waals surface area contributed by atoms with E-state index in [1.54, 1.807) is 48.5 Å². The summed E-state index contributed by atoms with van der Waals surface area (Å²) in [7, 11) is 0. The molecule has 0 bridgehead atoms. The van der Waals surface area contributed by atoms with Crippen molar-refractivity contribution in [3.05, 3.63) is 65.7 Å². The minimum Gasteiger partial charge on any atom is -0.494 e. The molecule has 2 aromatic carbocycles. The Morgan fingerprint density at radius 1 is 1.04 bits per heavy atom. The summed E-state index contributed by atoms with van der Waals surface area (Å²) >= 11 is 0. The Bertz CT molecular complexity index is 639. The third kappa shape index (κ3) is 4.85. The number of aliphatic hydroxyl groups is 1. The topological polar surface area (TPSA) is 92.8 Å². The molecule has 132 valence electrons. The number of ether oxygens (including phenoxy) is 1. The van der Waals surface area contributed by atoms with Gasteiger partial charge in [0, 0.05) is 5.56 Å². The highest BCUT2D eigenvalue weighted by atomic mass is 35.5. The molecule has 0 fully saturated rings. The lowest BCUT2D eigenvalue weighted by Crippen LogP contribution is -2.36. The zero-order valence-corrected chi connectivity index (χ0v) is 14.6. The highest BCUT2D eigenvalue weighted by molar-refractivity contribution is 5.85. The number of carbonyl (C=O) groups is 1. The molecule has 0 spiro atoms. The number of benzene rings is 2. The quantitative estimate of drug-likeness (QED) is 0.648. The van der Waals surface area contributed by atoms with Crippen LogP contribution >= 0.6 is 24.8 Å². The van der Waals surface area contributed by atoms with Crippen LogP contribution < -0.4 is 10.5 Å². The van der Waals surface area contributed by atoms with Gasteiger partial charge in [0.05, 0.1) is 6.61 Å². The lowest BCUT2D eigenvalue weighted by atomic mass is 9.86. The molecule has 24 heavy (non-hydrogen) atoms. The van der Waals surface area contributed by atoms with E-state index in [9.17, 15) is 15.0 Å². The Morgan fingerprint density at radius 2 is 1.67 bits per heavy atom. The van der Waals surface area contributed by atoms with Crippen molar-refractivity contribution >= 4 is 30.8 Å². The molecule has 0 amide bonds. The summed E-state index contributed by atoms with van der Waals surface area (Å²) in [6.07, 6.45) is 0.701. The molecule has 1 atom stereocenters. The first-order chi connectivity index (χ1) is 10.6. The Kier molecular flexibility index (Phi) is 9.40. The predicted octanol–water partition coefficient (Wildman–Crippen LogP) is 2.58. The molecule has 0 radical (unpaired) electrons. The highest BCUT2D eigenvalue weighted by Crippen LogP contribution is 2.32. The minimum atomic E-state index is -2.12. The van der Waals surface area contributed by atoms with Gasteiger partial charge in [-0.05, 0) is 30.7 Å². The van der Waals surface area contributed by atoms with Crippen LogP contribution in [-0.2, 0) is 10.4 Å². The monoisotopic (exact) mass is 373 g/mol. The van der Waals surface area contributed by atoms with E-state index < -0.39 is 11.6 Å². The second kappa shape index (κ2) is 10.2. The average Bonchev–Trinajstić information content (AvgIpc) is 2.55. The van der Waals surface area contributed by atoms with Crippen LogP contribution in [0, 0.1) is 0 Å². The molecule has 2 rings (SSSR count). The summed E-state index contributed by atoms with van der Waals surface area (Å²) in [6, 6.07) is 14.8. The molecule has 0 aromatic heterocycles. The third-order valence-corrected chi connectivity index (χ3v) is 3.37. The van der Waals surface area contributed by atoms with Crippen molar-refractivity contribution in [2.75, 3.05) is 13.2 Å². The Labute approximate surface area is 153 Å². The van der Waals surface area contributed by atoms with Gasteiger partial charge >= 0.3 is 5.97 Å². The largest absolute Gasteiger partial charge is 0.494 e. The Balaban J connectivity index is 0.00000264. The molecule has 7 heteroatoms. The van der Waals surface area contributed by atoms with E-state index >= 15 is 0 Å². The molecule has 0 saturated carbocycles. The van der Waals surface area contributed by atoms with E-state index in [2.05, 4.69) is 0 Å². The molecular formula is C17H21Cl2NO4. The van der Waals surface area contributed by atoms with E-state index in [1.807, 2.05) is 0 Å². The zero-order chi connectivity index (χ0) is 16.0. The molecule has 2 aromatic rings. The van der Waals surface area contributed by atoms with Crippen LogP contribution in [0.15, 0.2) is 54.6 Å². The summed E-state index contributed by atoms with van der Waals surface area (Å²) in [4.78, 5) is 11.7. The molecule has 0 aliphatic carbocycles. The van der Waals surface area contributed by atoms with Gasteiger partial charge in [-0.15, -0.1) is 24.8 Å². The van der Waals surface area contributed by atoms with Crippen LogP contribution in [0.5, 0.6) is 5.75 Å². The van der Waals surface area contributed by atoms with Gasteiger partial charge in [-0.1, -0.05) is 42.5 Å². The number of carboxylic acid groups (broad SMARTS) is 1. The average molecular weight is 374 g/mol. The first-order valence-electron chi connectivity index (χ1n) is 7.03.